The first-order valence-electron chi connectivity index (χ1n) is 3.92. The Morgan fingerprint density at radius 1 is 0.692 bits per heavy atom. The van der Waals surface area contributed by atoms with Crippen molar-refractivity contribution in [2.24, 2.45) is 0 Å². The second-order valence-corrected chi connectivity index (χ2v) is 2.60. The van der Waals surface area contributed by atoms with E-state index in [1.165, 1.54) is 11.1 Å². The first kappa shape index (κ1) is 9.39. The molecule has 1 nitrogen and oxygen atoms in total. The number of hydrogen-bond acceptors (Lipinski definition) is 1. The molecular weight excluding hydrogens is 165 g/mol. The second-order valence-electron chi connectivity index (χ2n) is 2.60. The standard InChI is InChI=1S/C11H9N.FH/c1-2-4-10(5-3-1)11-6-8-12-9-7-11;/h1-9H;1H. The van der Waals surface area contributed by atoms with E-state index in [4.69, 9.17) is 0 Å². The van der Waals surface area contributed by atoms with Gasteiger partial charge in [0, 0.05) is 12.4 Å². The lowest BCUT2D eigenvalue weighted by atomic mass is 10.1. The maximum absolute atomic E-state index is 3.97. The van der Waals surface area contributed by atoms with Crippen LogP contribution in [0.25, 0.3) is 11.1 Å². The molecule has 0 saturated heterocycles. The SMILES string of the molecule is F.c1ccc(-c2ccncc2)cc1. The third-order valence-electron chi connectivity index (χ3n) is 1.79. The molecule has 0 aliphatic carbocycles. The van der Waals surface area contributed by atoms with E-state index < -0.39 is 0 Å². The molecule has 66 valence electrons. The lowest BCUT2D eigenvalue weighted by molar-refractivity contribution is 1.11. The molecule has 13 heavy (non-hydrogen) atoms. The summed E-state index contributed by atoms with van der Waals surface area (Å²) in [4.78, 5) is 3.97. The minimum Gasteiger partial charge on any atom is -0.269 e. The van der Waals surface area contributed by atoms with Crippen molar-refractivity contribution in [1.29, 1.82) is 0 Å². The van der Waals surface area contributed by atoms with Crippen LogP contribution in [0.2, 0.25) is 0 Å². The molecule has 2 aromatic rings. The van der Waals surface area contributed by atoms with Crippen molar-refractivity contribution in [2.45, 2.75) is 0 Å². The van der Waals surface area contributed by atoms with Gasteiger partial charge >= 0.3 is 0 Å². The van der Waals surface area contributed by atoms with Gasteiger partial charge in [0.2, 0.25) is 0 Å². The van der Waals surface area contributed by atoms with Crippen LogP contribution in [0.4, 0.5) is 4.70 Å². The number of halogens is 1. The molecule has 0 unspecified atom stereocenters. The highest BCUT2D eigenvalue weighted by molar-refractivity contribution is 5.62. The van der Waals surface area contributed by atoms with Gasteiger partial charge < -0.3 is 0 Å². The van der Waals surface area contributed by atoms with Gasteiger partial charge in [-0.3, -0.25) is 9.69 Å². The molecule has 1 aromatic carbocycles. The first-order valence-corrected chi connectivity index (χ1v) is 3.92. The number of benzene rings is 1. The Bertz CT molecular complexity index is 307. The van der Waals surface area contributed by atoms with Crippen LogP contribution in [0.1, 0.15) is 0 Å². The van der Waals surface area contributed by atoms with Crippen LogP contribution in [0.15, 0.2) is 54.9 Å². The van der Waals surface area contributed by atoms with Gasteiger partial charge in [-0.15, -0.1) is 0 Å². The van der Waals surface area contributed by atoms with Crippen molar-refractivity contribution in [2.75, 3.05) is 0 Å². The van der Waals surface area contributed by atoms with Gasteiger partial charge in [0.15, 0.2) is 0 Å². The topological polar surface area (TPSA) is 12.9 Å². The van der Waals surface area contributed by atoms with E-state index in [1.54, 1.807) is 0 Å². The minimum atomic E-state index is 0. The predicted octanol–water partition coefficient (Wildman–Crippen LogP) is 2.90. The number of hydrogen-bond donors (Lipinski definition) is 0. The molecule has 0 spiro atoms. The molecular formula is C11H10FN. The minimum absolute atomic E-state index is 0. The van der Waals surface area contributed by atoms with E-state index in [-0.39, 0.29) is 4.70 Å². The normalized spacial score (nSPS) is 8.92. The van der Waals surface area contributed by atoms with E-state index in [0.29, 0.717) is 0 Å². The summed E-state index contributed by atoms with van der Waals surface area (Å²) >= 11 is 0. The number of rotatable bonds is 1. The molecule has 0 bridgehead atoms. The van der Waals surface area contributed by atoms with Crippen LogP contribution in [-0.2, 0) is 0 Å². The molecule has 0 saturated carbocycles. The van der Waals surface area contributed by atoms with Gasteiger partial charge in [0.25, 0.3) is 0 Å². The Hall–Kier alpha value is -1.70. The maximum Gasteiger partial charge on any atom is 0.0273 e. The smallest absolute Gasteiger partial charge is 0.0273 e. The van der Waals surface area contributed by atoms with E-state index in [1.807, 2.05) is 42.7 Å². The zero-order valence-corrected chi connectivity index (χ0v) is 7.05. The second kappa shape index (κ2) is 4.36. The number of pyridine rings is 1. The summed E-state index contributed by atoms with van der Waals surface area (Å²) in [6, 6.07) is 14.3. The fourth-order valence-electron chi connectivity index (χ4n) is 1.17. The van der Waals surface area contributed by atoms with Crippen molar-refractivity contribution in [3.05, 3.63) is 54.9 Å². The van der Waals surface area contributed by atoms with E-state index in [2.05, 4.69) is 17.1 Å². The van der Waals surface area contributed by atoms with Crippen molar-refractivity contribution in [3.63, 3.8) is 0 Å². The molecule has 1 aromatic heterocycles. The van der Waals surface area contributed by atoms with Gasteiger partial charge in [-0.2, -0.15) is 0 Å². The third kappa shape index (κ3) is 2.12. The Kier molecular flexibility index (Phi) is 3.15. The molecule has 0 N–H and O–H groups in total. The highest BCUT2D eigenvalue weighted by Crippen LogP contribution is 2.16. The Balaban J connectivity index is 0.000000845. The molecule has 0 aliphatic rings. The summed E-state index contributed by atoms with van der Waals surface area (Å²) in [5.41, 5.74) is 2.45. The third-order valence-corrected chi connectivity index (χ3v) is 1.79. The summed E-state index contributed by atoms with van der Waals surface area (Å²) < 4.78 is 0. The van der Waals surface area contributed by atoms with Gasteiger partial charge in [-0.1, -0.05) is 30.3 Å². The van der Waals surface area contributed by atoms with Crippen molar-refractivity contribution < 1.29 is 4.70 Å². The molecule has 1 heterocycles. The van der Waals surface area contributed by atoms with Crippen LogP contribution in [0.5, 0.6) is 0 Å². The number of aromatic nitrogens is 1. The van der Waals surface area contributed by atoms with Crippen LogP contribution < -0.4 is 0 Å². The molecule has 2 heteroatoms. The fourth-order valence-corrected chi connectivity index (χ4v) is 1.17. The van der Waals surface area contributed by atoms with E-state index in [0.717, 1.165) is 0 Å². The van der Waals surface area contributed by atoms with Gasteiger partial charge in [-0.05, 0) is 23.3 Å². The number of nitrogens with zero attached hydrogens (tertiary/aromatic N) is 1. The first-order chi connectivity index (χ1) is 5.97. The molecule has 0 amide bonds. The van der Waals surface area contributed by atoms with Crippen LogP contribution in [0, 0.1) is 0 Å². The van der Waals surface area contributed by atoms with Crippen LogP contribution >= 0.6 is 0 Å². The predicted molar refractivity (Wildman–Crippen MR) is 52.2 cm³/mol. The van der Waals surface area contributed by atoms with Gasteiger partial charge in [0.1, 0.15) is 0 Å². The average Bonchev–Trinajstić information content (AvgIpc) is 2.21. The summed E-state index contributed by atoms with van der Waals surface area (Å²) in [6.45, 7) is 0. The lowest BCUT2D eigenvalue weighted by Gasteiger charge is -1.98. The average molecular weight is 175 g/mol. The monoisotopic (exact) mass is 175 g/mol. The van der Waals surface area contributed by atoms with Crippen molar-refractivity contribution in [3.8, 4) is 11.1 Å². The largest absolute Gasteiger partial charge is 0.269 e. The van der Waals surface area contributed by atoms with Crippen LogP contribution in [-0.4, -0.2) is 4.98 Å². The molecule has 0 aliphatic heterocycles. The Morgan fingerprint density at radius 3 is 1.85 bits per heavy atom. The quantitative estimate of drug-likeness (QED) is 0.649. The van der Waals surface area contributed by atoms with E-state index >= 15 is 0 Å². The highest BCUT2D eigenvalue weighted by Gasteiger charge is 1.92. The van der Waals surface area contributed by atoms with E-state index in [9.17, 15) is 0 Å². The molecule has 2 rings (SSSR count). The maximum atomic E-state index is 3.97. The Labute approximate surface area is 76.4 Å². The summed E-state index contributed by atoms with van der Waals surface area (Å²) in [5.74, 6) is 0. The van der Waals surface area contributed by atoms with Gasteiger partial charge in [0.05, 0.1) is 0 Å². The zero-order valence-electron chi connectivity index (χ0n) is 7.05. The van der Waals surface area contributed by atoms with Crippen LogP contribution in [0.3, 0.4) is 0 Å². The summed E-state index contributed by atoms with van der Waals surface area (Å²) in [6.07, 6.45) is 3.62. The zero-order chi connectivity index (χ0) is 8.23. The lowest BCUT2D eigenvalue weighted by Crippen LogP contribution is -1.76. The molecule has 0 radical (unpaired) electrons. The Morgan fingerprint density at radius 2 is 1.23 bits per heavy atom. The van der Waals surface area contributed by atoms with Crippen molar-refractivity contribution >= 4 is 0 Å². The molecule has 0 atom stereocenters. The summed E-state index contributed by atoms with van der Waals surface area (Å²) in [7, 11) is 0. The highest BCUT2D eigenvalue weighted by atomic mass is 19.0. The fraction of sp³-hybridized carbons (Fsp3) is 0. The molecule has 0 fully saturated rings. The van der Waals surface area contributed by atoms with Gasteiger partial charge in [-0.25, -0.2) is 0 Å². The van der Waals surface area contributed by atoms with Crippen molar-refractivity contribution in [1.82, 2.24) is 4.98 Å². The summed E-state index contributed by atoms with van der Waals surface area (Å²) in [5, 5.41) is 0.